The van der Waals surface area contributed by atoms with Gasteiger partial charge in [-0.05, 0) is 65.6 Å². The summed E-state index contributed by atoms with van der Waals surface area (Å²) in [5, 5.41) is 0. The van der Waals surface area contributed by atoms with Gasteiger partial charge >= 0.3 is 0 Å². The Hall–Kier alpha value is -0.900. The average molecular weight is 263 g/mol. The van der Waals surface area contributed by atoms with E-state index in [4.69, 9.17) is 5.73 Å². The van der Waals surface area contributed by atoms with Gasteiger partial charge in [0.2, 0.25) is 0 Å². The highest BCUT2D eigenvalue weighted by atomic mass is 15.1. The molecule has 1 rings (SSSR count). The lowest BCUT2D eigenvalue weighted by Crippen LogP contribution is -2.31. The van der Waals surface area contributed by atoms with Gasteiger partial charge in [0.25, 0.3) is 0 Å². The fourth-order valence-corrected chi connectivity index (χ4v) is 2.34. The minimum Gasteiger partial charge on any atom is -0.323 e. The third-order valence-electron chi connectivity index (χ3n) is 3.49. The van der Waals surface area contributed by atoms with Gasteiger partial charge in [-0.25, -0.2) is 0 Å². The zero-order chi connectivity index (χ0) is 14.4. The van der Waals surface area contributed by atoms with Crippen molar-refractivity contribution >= 4 is 0 Å². The van der Waals surface area contributed by atoms with Crippen molar-refractivity contribution in [3.05, 3.63) is 34.9 Å². The maximum atomic E-state index is 6.35. The van der Waals surface area contributed by atoms with Crippen LogP contribution in [0.5, 0.6) is 0 Å². The van der Waals surface area contributed by atoms with E-state index in [2.05, 4.69) is 63.0 Å². The Morgan fingerprint density at radius 1 is 1.11 bits per heavy atom. The second-order valence-electron chi connectivity index (χ2n) is 5.89. The number of nitrogens with two attached hydrogens (primary N) is 1. The van der Waals surface area contributed by atoms with E-state index in [1.165, 1.54) is 23.1 Å². The van der Waals surface area contributed by atoms with E-state index in [0.29, 0.717) is 0 Å². The molecule has 0 bridgehead atoms. The van der Waals surface area contributed by atoms with Crippen molar-refractivity contribution in [3.8, 4) is 0 Å². The van der Waals surface area contributed by atoms with Gasteiger partial charge < -0.3 is 15.5 Å². The van der Waals surface area contributed by atoms with Gasteiger partial charge in [-0.15, -0.1) is 0 Å². The summed E-state index contributed by atoms with van der Waals surface area (Å²) in [5.41, 5.74) is 10.2. The standard InChI is InChI=1S/C16H29N3/c1-13-7-8-14(2)15(11-13)16(17)12-19(5)10-6-9-18(3)4/h7-8,11,16H,6,9-10,12,17H2,1-5H3. The highest BCUT2D eigenvalue weighted by Gasteiger charge is 2.11. The van der Waals surface area contributed by atoms with E-state index in [1.807, 2.05) is 0 Å². The van der Waals surface area contributed by atoms with Gasteiger partial charge in [-0.2, -0.15) is 0 Å². The van der Waals surface area contributed by atoms with Crippen molar-refractivity contribution in [1.29, 1.82) is 0 Å². The quantitative estimate of drug-likeness (QED) is 0.818. The molecule has 2 N–H and O–H groups in total. The maximum Gasteiger partial charge on any atom is 0.0426 e. The molecule has 0 aliphatic heterocycles. The molecule has 0 spiro atoms. The SMILES string of the molecule is Cc1ccc(C)c(C(N)CN(C)CCCN(C)C)c1. The summed E-state index contributed by atoms with van der Waals surface area (Å²) in [6.45, 7) is 7.40. The number of likely N-dealkylation sites (N-methyl/N-ethyl adjacent to an activating group) is 1. The molecule has 19 heavy (non-hydrogen) atoms. The van der Waals surface area contributed by atoms with Crippen molar-refractivity contribution in [1.82, 2.24) is 9.80 Å². The Morgan fingerprint density at radius 2 is 1.79 bits per heavy atom. The summed E-state index contributed by atoms with van der Waals surface area (Å²) >= 11 is 0. The van der Waals surface area contributed by atoms with Gasteiger partial charge in [-0.3, -0.25) is 0 Å². The first-order valence-corrected chi connectivity index (χ1v) is 7.06. The number of hydrogen-bond donors (Lipinski definition) is 1. The summed E-state index contributed by atoms with van der Waals surface area (Å²) in [7, 11) is 6.38. The average Bonchev–Trinajstić information content (AvgIpc) is 2.31. The summed E-state index contributed by atoms with van der Waals surface area (Å²) in [6, 6.07) is 6.63. The predicted octanol–water partition coefficient (Wildman–Crippen LogP) is 2.19. The molecular formula is C16H29N3. The molecule has 0 aliphatic rings. The van der Waals surface area contributed by atoms with E-state index >= 15 is 0 Å². The molecule has 0 aromatic heterocycles. The lowest BCUT2D eigenvalue weighted by atomic mass is 9.99. The lowest BCUT2D eigenvalue weighted by Gasteiger charge is -2.23. The molecule has 1 aromatic carbocycles. The Labute approximate surface area is 118 Å². The van der Waals surface area contributed by atoms with E-state index in [1.54, 1.807) is 0 Å². The molecule has 3 heteroatoms. The van der Waals surface area contributed by atoms with Crippen LogP contribution in [0.1, 0.15) is 29.2 Å². The van der Waals surface area contributed by atoms with Crippen molar-refractivity contribution in [2.75, 3.05) is 40.8 Å². The Morgan fingerprint density at radius 3 is 2.42 bits per heavy atom. The minimum absolute atomic E-state index is 0.101. The third kappa shape index (κ3) is 5.72. The zero-order valence-electron chi connectivity index (χ0n) is 13.1. The molecule has 0 heterocycles. The first-order chi connectivity index (χ1) is 8.90. The van der Waals surface area contributed by atoms with Crippen molar-refractivity contribution < 1.29 is 0 Å². The van der Waals surface area contributed by atoms with Crippen LogP contribution in [0.25, 0.3) is 0 Å². The van der Waals surface area contributed by atoms with Crippen LogP contribution in [0, 0.1) is 13.8 Å². The maximum absolute atomic E-state index is 6.35. The molecule has 1 unspecified atom stereocenters. The molecule has 3 nitrogen and oxygen atoms in total. The fraction of sp³-hybridized carbons (Fsp3) is 0.625. The van der Waals surface area contributed by atoms with Crippen molar-refractivity contribution in [2.24, 2.45) is 5.73 Å². The summed E-state index contributed by atoms with van der Waals surface area (Å²) in [5.74, 6) is 0. The van der Waals surface area contributed by atoms with E-state index in [9.17, 15) is 0 Å². The van der Waals surface area contributed by atoms with E-state index in [-0.39, 0.29) is 6.04 Å². The summed E-state index contributed by atoms with van der Waals surface area (Å²) in [4.78, 5) is 4.55. The minimum atomic E-state index is 0.101. The van der Waals surface area contributed by atoms with Gasteiger partial charge in [-0.1, -0.05) is 23.8 Å². The summed E-state index contributed by atoms with van der Waals surface area (Å²) < 4.78 is 0. The topological polar surface area (TPSA) is 32.5 Å². The highest BCUT2D eigenvalue weighted by molar-refractivity contribution is 5.32. The smallest absolute Gasteiger partial charge is 0.0426 e. The molecule has 1 atom stereocenters. The predicted molar refractivity (Wildman–Crippen MR) is 83.5 cm³/mol. The van der Waals surface area contributed by atoms with Crippen LogP contribution in [0.4, 0.5) is 0 Å². The number of benzene rings is 1. The first kappa shape index (κ1) is 16.2. The molecule has 0 aliphatic carbocycles. The Kier molecular flexibility index (Phi) is 6.49. The zero-order valence-corrected chi connectivity index (χ0v) is 13.1. The van der Waals surface area contributed by atoms with Crippen LogP contribution in [-0.2, 0) is 0 Å². The molecule has 1 aromatic rings. The first-order valence-electron chi connectivity index (χ1n) is 7.06. The monoisotopic (exact) mass is 263 g/mol. The number of nitrogens with zero attached hydrogens (tertiary/aromatic N) is 2. The van der Waals surface area contributed by atoms with Gasteiger partial charge in [0.15, 0.2) is 0 Å². The Balaban J connectivity index is 2.49. The fourth-order valence-electron chi connectivity index (χ4n) is 2.34. The van der Waals surface area contributed by atoms with Crippen LogP contribution >= 0.6 is 0 Å². The lowest BCUT2D eigenvalue weighted by molar-refractivity contribution is 0.286. The van der Waals surface area contributed by atoms with Crippen LogP contribution in [-0.4, -0.2) is 50.6 Å². The summed E-state index contributed by atoms with van der Waals surface area (Å²) in [6.07, 6.45) is 1.18. The highest BCUT2D eigenvalue weighted by Crippen LogP contribution is 2.18. The van der Waals surface area contributed by atoms with Crippen LogP contribution < -0.4 is 5.73 Å². The molecule has 0 saturated heterocycles. The largest absolute Gasteiger partial charge is 0.323 e. The third-order valence-corrected chi connectivity index (χ3v) is 3.49. The number of hydrogen-bond acceptors (Lipinski definition) is 3. The normalized spacial score (nSPS) is 13.3. The Bertz CT molecular complexity index is 388. The molecule has 0 amide bonds. The second kappa shape index (κ2) is 7.63. The molecule has 108 valence electrons. The van der Waals surface area contributed by atoms with Gasteiger partial charge in [0.1, 0.15) is 0 Å². The van der Waals surface area contributed by atoms with Gasteiger partial charge in [0, 0.05) is 12.6 Å². The molecule has 0 radical (unpaired) electrons. The van der Waals surface area contributed by atoms with E-state index in [0.717, 1.165) is 19.6 Å². The van der Waals surface area contributed by atoms with Crippen LogP contribution in [0.15, 0.2) is 18.2 Å². The van der Waals surface area contributed by atoms with E-state index < -0.39 is 0 Å². The number of aryl methyl sites for hydroxylation is 2. The molecule has 0 saturated carbocycles. The van der Waals surface area contributed by atoms with Gasteiger partial charge in [0.05, 0.1) is 0 Å². The van der Waals surface area contributed by atoms with Crippen molar-refractivity contribution in [3.63, 3.8) is 0 Å². The number of rotatable bonds is 7. The second-order valence-corrected chi connectivity index (χ2v) is 5.89. The van der Waals surface area contributed by atoms with Crippen LogP contribution in [0.2, 0.25) is 0 Å². The molecule has 0 fully saturated rings. The van der Waals surface area contributed by atoms with Crippen LogP contribution in [0.3, 0.4) is 0 Å². The van der Waals surface area contributed by atoms with Crippen molar-refractivity contribution in [2.45, 2.75) is 26.3 Å². The molecular weight excluding hydrogens is 234 g/mol.